The number of methoxy groups -OCH3 is 1. The van der Waals surface area contributed by atoms with Gasteiger partial charge in [-0.05, 0) is 42.2 Å². The molecule has 0 radical (unpaired) electrons. The Hall–Kier alpha value is -2.79. The molecule has 1 heterocycles. The second-order valence-electron chi connectivity index (χ2n) is 7.24. The van der Waals surface area contributed by atoms with Crippen molar-refractivity contribution >= 4 is 34.7 Å². The van der Waals surface area contributed by atoms with E-state index in [0.717, 1.165) is 22.6 Å². The quantitative estimate of drug-likeness (QED) is 0.575. The minimum absolute atomic E-state index is 0.156. The Labute approximate surface area is 168 Å². The van der Waals surface area contributed by atoms with Gasteiger partial charge in [0.1, 0.15) is 5.92 Å². The lowest BCUT2D eigenvalue weighted by molar-refractivity contribution is -0.151. The molecular formula is C22H21ClN2O3. The molecule has 0 bridgehead atoms. The van der Waals surface area contributed by atoms with E-state index in [1.165, 1.54) is 7.11 Å². The van der Waals surface area contributed by atoms with E-state index in [1.54, 1.807) is 6.07 Å². The third-order valence-corrected chi connectivity index (χ3v) is 5.64. The van der Waals surface area contributed by atoms with Crippen LogP contribution in [0.5, 0.6) is 0 Å². The van der Waals surface area contributed by atoms with E-state index < -0.39 is 17.9 Å². The van der Waals surface area contributed by atoms with Crippen LogP contribution in [0.2, 0.25) is 5.02 Å². The Kier molecular flexibility index (Phi) is 4.85. The third kappa shape index (κ3) is 3.16. The lowest BCUT2D eigenvalue weighted by Gasteiger charge is -2.32. The average Bonchev–Trinajstić information content (AvgIpc) is 2.84. The number of Topliss-reactive ketones (excluding diaryl/α,β-unsaturated/α-hetero) is 1. The Morgan fingerprint density at radius 1 is 1.14 bits per heavy atom. The lowest BCUT2D eigenvalue weighted by atomic mass is 9.75. The molecule has 4 rings (SSSR count). The summed E-state index contributed by atoms with van der Waals surface area (Å²) >= 11 is 6.22. The number of carbonyl (C=O) groups is 2. The zero-order chi connectivity index (χ0) is 19.8. The van der Waals surface area contributed by atoms with E-state index in [4.69, 9.17) is 16.3 Å². The van der Waals surface area contributed by atoms with Gasteiger partial charge in [-0.2, -0.15) is 0 Å². The van der Waals surface area contributed by atoms with Gasteiger partial charge in [0.05, 0.1) is 24.5 Å². The standard InChI is InChI=1S/C22H21ClN2O3/c1-12-10-17-19(21(26)18(12)22(27)28-2)20(13-6-5-7-14(23)11-13)25-16-9-4-3-8-15(16)24-17/h3-9,11-12,18,20,24-25H,10H2,1-2H3/t12-,18-,20+/m0/s1. The normalized spacial score (nSPS) is 23.7. The largest absolute Gasteiger partial charge is 0.468 e. The first-order chi connectivity index (χ1) is 13.5. The number of hydrogen-bond donors (Lipinski definition) is 2. The summed E-state index contributed by atoms with van der Waals surface area (Å²) in [4.78, 5) is 25.8. The number of allylic oxidation sites excluding steroid dienone is 1. The zero-order valence-corrected chi connectivity index (χ0v) is 16.4. The summed E-state index contributed by atoms with van der Waals surface area (Å²) in [6.07, 6.45) is 0.577. The maximum Gasteiger partial charge on any atom is 0.316 e. The van der Waals surface area contributed by atoms with Crippen LogP contribution in [0.15, 0.2) is 59.8 Å². The van der Waals surface area contributed by atoms with E-state index >= 15 is 0 Å². The van der Waals surface area contributed by atoms with Gasteiger partial charge in [-0.1, -0.05) is 42.8 Å². The molecule has 0 unspecified atom stereocenters. The number of rotatable bonds is 2. The maximum absolute atomic E-state index is 13.5. The molecule has 28 heavy (non-hydrogen) atoms. The van der Waals surface area contributed by atoms with Crippen molar-refractivity contribution < 1.29 is 14.3 Å². The monoisotopic (exact) mass is 396 g/mol. The third-order valence-electron chi connectivity index (χ3n) is 5.41. The van der Waals surface area contributed by atoms with Crippen molar-refractivity contribution in [3.05, 3.63) is 70.4 Å². The summed E-state index contributed by atoms with van der Waals surface area (Å²) in [6.45, 7) is 1.91. The molecule has 2 aromatic carbocycles. The van der Waals surface area contributed by atoms with Crippen LogP contribution in [0, 0.1) is 11.8 Å². The second-order valence-corrected chi connectivity index (χ2v) is 7.68. The molecular weight excluding hydrogens is 376 g/mol. The number of halogens is 1. The highest BCUT2D eigenvalue weighted by Gasteiger charge is 2.44. The number of esters is 1. The van der Waals surface area contributed by atoms with Crippen molar-refractivity contribution in [2.45, 2.75) is 19.4 Å². The highest BCUT2D eigenvalue weighted by molar-refractivity contribution is 6.30. The Bertz CT molecular complexity index is 985. The van der Waals surface area contributed by atoms with Gasteiger partial charge in [-0.3, -0.25) is 9.59 Å². The fourth-order valence-corrected chi connectivity index (χ4v) is 4.27. The molecule has 0 saturated heterocycles. The molecule has 0 amide bonds. The number of ketones is 1. The Morgan fingerprint density at radius 2 is 1.89 bits per heavy atom. The molecule has 0 aromatic heterocycles. The number of nitrogens with one attached hydrogen (secondary N) is 2. The summed E-state index contributed by atoms with van der Waals surface area (Å²) in [5.41, 5.74) is 4.05. The fourth-order valence-electron chi connectivity index (χ4n) is 4.07. The van der Waals surface area contributed by atoms with Crippen molar-refractivity contribution in [3.63, 3.8) is 0 Å². The summed E-state index contributed by atoms with van der Waals surface area (Å²) in [5.74, 6) is -1.67. The average molecular weight is 397 g/mol. The van der Waals surface area contributed by atoms with Gasteiger partial charge in [0, 0.05) is 16.3 Å². The van der Waals surface area contributed by atoms with Crippen LogP contribution in [0.4, 0.5) is 11.4 Å². The number of ether oxygens (including phenoxy) is 1. The van der Waals surface area contributed by atoms with Crippen molar-refractivity contribution in [1.29, 1.82) is 0 Å². The van der Waals surface area contributed by atoms with Gasteiger partial charge in [0.25, 0.3) is 0 Å². The molecule has 2 N–H and O–H groups in total. The first-order valence-electron chi connectivity index (χ1n) is 9.22. The first kappa shape index (κ1) is 18.6. The van der Waals surface area contributed by atoms with E-state index in [9.17, 15) is 9.59 Å². The van der Waals surface area contributed by atoms with Crippen molar-refractivity contribution in [1.82, 2.24) is 0 Å². The predicted molar refractivity (Wildman–Crippen MR) is 109 cm³/mol. The molecule has 2 aromatic rings. The van der Waals surface area contributed by atoms with Crippen LogP contribution in [0.3, 0.4) is 0 Å². The molecule has 6 heteroatoms. The van der Waals surface area contributed by atoms with E-state index in [2.05, 4.69) is 10.6 Å². The zero-order valence-electron chi connectivity index (χ0n) is 15.7. The van der Waals surface area contributed by atoms with Crippen molar-refractivity contribution in [3.8, 4) is 0 Å². The maximum atomic E-state index is 13.5. The highest BCUT2D eigenvalue weighted by atomic mass is 35.5. The predicted octanol–water partition coefficient (Wildman–Crippen LogP) is 4.57. The summed E-state index contributed by atoms with van der Waals surface area (Å²) in [5, 5.41) is 7.49. The van der Waals surface area contributed by atoms with Gasteiger partial charge in [-0.15, -0.1) is 0 Å². The molecule has 3 atom stereocenters. The molecule has 1 aliphatic carbocycles. The molecule has 0 spiro atoms. The van der Waals surface area contributed by atoms with Crippen LogP contribution in [-0.4, -0.2) is 18.9 Å². The van der Waals surface area contributed by atoms with E-state index in [1.807, 2.05) is 49.4 Å². The van der Waals surface area contributed by atoms with Gasteiger partial charge < -0.3 is 15.4 Å². The molecule has 144 valence electrons. The highest BCUT2D eigenvalue weighted by Crippen LogP contribution is 2.43. The summed E-state index contributed by atoms with van der Waals surface area (Å²) < 4.78 is 4.92. The first-order valence-corrected chi connectivity index (χ1v) is 9.60. The van der Waals surface area contributed by atoms with Gasteiger partial charge >= 0.3 is 5.97 Å². The van der Waals surface area contributed by atoms with E-state index in [0.29, 0.717) is 17.0 Å². The Morgan fingerprint density at radius 3 is 2.61 bits per heavy atom. The smallest absolute Gasteiger partial charge is 0.316 e. The number of hydrogen-bond acceptors (Lipinski definition) is 5. The Balaban J connectivity index is 1.88. The molecule has 0 saturated carbocycles. The van der Waals surface area contributed by atoms with Crippen LogP contribution in [-0.2, 0) is 14.3 Å². The number of para-hydroxylation sites is 2. The SMILES string of the molecule is COC(=O)[C@@H]1C(=O)C2=C(C[C@@H]1C)Nc1ccccc1N[C@@H]2c1cccc(Cl)c1. The topological polar surface area (TPSA) is 67.4 Å². The minimum atomic E-state index is -0.810. The molecule has 5 nitrogen and oxygen atoms in total. The van der Waals surface area contributed by atoms with Crippen molar-refractivity contribution in [2.75, 3.05) is 17.7 Å². The molecule has 2 aliphatic rings. The number of fused-ring (bicyclic) bond motifs is 1. The van der Waals surface area contributed by atoms with Crippen LogP contribution < -0.4 is 10.6 Å². The number of carbonyl (C=O) groups excluding carboxylic acids is 2. The molecule has 0 fully saturated rings. The molecule has 1 aliphatic heterocycles. The van der Waals surface area contributed by atoms with Gasteiger partial charge in [0.2, 0.25) is 0 Å². The van der Waals surface area contributed by atoms with Crippen molar-refractivity contribution in [2.24, 2.45) is 11.8 Å². The van der Waals surface area contributed by atoms with Crippen LogP contribution in [0.1, 0.15) is 24.9 Å². The number of benzene rings is 2. The van der Waals surface area contributed by atoms with Gasteiger partial charge in [0.15, 0.2) is 5.78 Å². The van der Waals surface area contributed by atoms with Gasteiger partial charge in [-0.25, -0.2) is 0 Å². The summed E-state index contributed by atoms with van der Waals surface area (Å²) in [7, 11) is 1.32. The van der Waals surface area contributed by atoms with E-state index in [-0.39, 0.29) is 11.7 Å². The van der Waals surface area contributed by atoms with Crippen LogP contribution >= 0.6 is 11.6 Å². The minimum Gasteiger partial charge on any atom is -0.468 e. The number of anilines is 2. The summed E-state index contributed by atoms with van der Waals surface area (Å²) in [6, 6.07) is 14.8. The fraction of sp³-hybridized carbons (Fsp3) is 0.273. The lowest BCUT2D eigenvalue weighted by Crippen LogP contribution is -2.39. The second kappa shape index (κ2) is 7.32. The van der Waals surface area contributed by atoms with Crippen LogP contribution in [0.25, 0.3) is 0 Å².